The maximum absolute atomic E-state index is 12.0. The van der Waals surface area contributed by atoms with Crippen molar-refractivity contribution in [3.8, 4) is 0 Å². The first-order valence-corrected chi connectivity index (χ1v) is 6.86. The van der Waals surface area contributed by atoms with Crippen molar-refractivity contribution in [2.45, 2.75) is 38.9 Å². The highest BCUT2D eigenvalue weighted by molar-refractivity contribution is 8.01. The molecule has 0 radical (unpaired) electrons. The van der Waals surface area contributed by atoms with Crippen molar-refractivity contribution in [3.63, 3.8) is 0 Å². The summed E-state index contributed by atoms with van der Waals surface area (Å²) in [4.78, 5) is 13.9. The van der Waals surface area contributed by atoms with Crippen LogP contribution in [0, 0.1) is 5.41 Å². The Labute approximate surface area is 103 Å². The molecule has 1 fully saturated rings. The van der Waals surface area contributed by atoms with Crippen molar-refractivity contribution in [3.05, 3.63) is 0 Å². The van der Waals surface area contributed by atoms with E-state index in [1.807, 2.05) is 4.90 Å². The summed E-state index contributed by atoms with van der Waals surface area (Å²) in [5.74, 6) is 0.849. The standard InChI is InChI=1S/C12H24N2OS/c1-11(2,3)16-7-10(15)14-6-5-12(4,8-13)9-14/h5-9,13H2,1-4H3. The lowest BCUT2D eigenvalue weighted by molar-refractivity contribution is -0.127. The molecular formula is C12H24N2OS. The van der Waals surface area contributed by atoms with E-state index in [2.05, 4.69) is 27.7 Å². The first-order valence-electron chi connectivity index (χ1n) is 5.88. The molecule has 1 aliphatic heterocycles. The van der Waals surface area contributed by atoms with Gasteiger partial charge in [0, 0.05) is 17.8 Å². The molecule has 0 aromatic heterocycles. The maximum atomic E-state index is 12.0. The third-order valence-electron chi connectivity index (χ3n) is 3.03. The lowest BCUT2D eigenvalue weighted by Gasteiger charge is -2.24. The van der Waals surface area contributed by atoms with E-state index in [-0.39, 0.29) is 16.1 Å². The van der Waals surface area contributed by atoms with Gasteiger partial charge in [0.25, 0.3) is 0 Å². The van der Waals surface area contributed by atoms with E-state index in [1.165, 1.54) is 0 Å². The first-order chi connectivity index (χ1) is 7.26. The van der Waals surface area contributed by atoms with Gasteiger partial charge in [-0.1, -0.05) is 27.7 Å². The van der Waals surface area contributed by atoms with Crippen LogP contribution in [0.4, 0.5) is 0 Å². The van der Waals surface area contributed by atoms with Crippen LogP contribution in [-0.2, 0) is 4.79 Å². The second-order valence-corrected chi connectivity index (χ2v) is 7.78. The van der Waals surface area contributed by atoms with Crippen LogP contribution in [0.2, 0.25) is 0 Å². The van der Waals surface area contributed by atoms with Crippen molar-refractivity contribution in [1.82, 2.24) is 4.90 Å². The van der Waals surface area contributed by atoms with Crippen LogP contribution in [0.15, 0.2) is 0 Å². The molecule has 2 N–H and O–H groups in total. The Morgan fingerprint density at radius 3 is 2.56 bits per heavy atom. The lowest BCUT2D eigenvalue weighted by atomic mass is 9.90. The van der Waals surface area contributed by atoms with Crippen molar-refractivity contribution < 1.29 is 4.79 Å². The zero-order valence-corrected chi connectivity index (χ0v) is 11.7. The van der Waals surface area contributed by atoms with Gasteiger partial charge in [-0.3, -0.25) is 4.79 Å². The second kappa shape index (κ2) is 4.96. The zero-order chi connectivity index (χ0) is 12.4. The number of thioether (sulfide) groups is 1. The van der Waals surface area contributed by atoms with E-state index in [9.17, 15) is 4.79 Å². The van der Waals surface area contributed by atoms with Crippen LogP contribution < -0.4 is 5.73 Å². The number of carbonyl (C=O) groups is 1. The van der Waals surface area contributed by atoms with Crippen LogP contribution in [0.5, 0.6) is 0 Å². The average molecular weight is 244 g/mol. The molecule has 0 saturated carbocycles. The van der Waals surface area contributed by atoms with Gasteiger partial charge in [0.05, 0.1) is 5.75 Å². The van der Waals surface area contributed by atoms with E-state index in [0.29, 0.717) is 12.3 Å². The summed E-state index contributed by atoms with van der Waals surface area (Å²) in [5.41, 5.74) is 5.87. The summed E-state index contributed by atoms with van der Waals surface area (Å²) in [7, 11) is 0. The highest BCUT2D eigenvalue weighted by atomic mass is 32.2. The van der Waals surface area contributed by atoms with Crippen molar-refractivity contribution in [2.24, 2.45) is 11.1 Å². The summed E-state index contributed by atoms with van der Waals surface area (Å²) >= 11 is 1.71. The molecule has 1 saturated heterocycles. The molecule has 4 heteroatoms. The predicted octanol–water partition coefficient (Wildman–Crippen LogP) is 1.72. The molecule has 16 heavy (non-hydrogen) atoms. The molecule has 1 amide bonds. The van der Waals surface area contributed by atoms with Crippen molar-refractivity contribution in [2.75, 3.05) is 25.4 Å². The number of likely N-dealkylation sites (tertiary alicyclic amines) is 1. The van der Waals surface area contributed by atoms with Gasteiger partial charge >= 0.3 is 0 Å². The third-order valence-corrected chi connectivity index (χ3v) is 4.29. The van der Waals surface area contributed by atoms with E-state index >= 15 is 0 Å². The molecule has 0 aromatic carbocycles. The highest BCUT2D eigenvalue weighted by Crippen LogP contribution is 2.30. The van der Waals surface area contributed by atoms with Gasteiger partial charge in [-0.05, 0) is 18.4 Å². The minimum Gasteiger partial charge on any atom is -0.341 e. The van der Waals surface area contributed by atoms with Gasteiger partial charge < -0.3 is 10.6 Å². The smallest absolute Gasteiger partial charge is 0.232 e. The number of hydrogen-bond donors (Lipinski definition) is 1. The third kappa shape index (κ3) is 3.98. The Balaban J connectivity index is 2.40. The Morgan fingerprint density at radius 1 is 1.50 bits per heavy atom. The molecule has 1 rings (SSSR count). The molecule has 0 aliphatic carbocycles. The Morgan fingerprint density at radius 2 is 2.12 bits per heavy atom. The zero-order valence-electron chi connectivity index (χ0n) is 10.9. The normalized spacial score (nSPS) is 26.2. The van der Waals surface area contributed by atoms with Crippen molar-refractivity contribution in [1.29, 1.82) is 0 Å². The number of amides is 1. The molecule has 94 valence electrons. The van der Waals surface area contributed by atoms with E-state index in [0.717, 1.165) is 19.5 Å². The Hall–Kier alpha value is -0.220. The van der Waals surface area contributed by atoms with Crippen LogP contribution in [0.3, 0.4) is 0 Å². The fourth-order valence-electron chi connectivity index (χ4n) is 1.77. The van der Waals surface area contributed by atoms with Crippen LogP contribution >= 0.6 is 11.8 Å². The molecule has 0 spiro atoms. The van der Waals surface area contributed by atoms with Gasteiger partial charge in [-0.2, -0.15) is 0 Å². The minimum atomic E-state index is 0.141. The Kier molecular flexibility index (Phi) is 4.29. The number of nitrogens with zero attached hydrogens (tertiary/aromatic N) is 1. The van der Waals surface area contributed by atoms with Gasteiger partial charge in [0.1, 0.15) is 0 Å². The monoisotopic (exact) mass is 244 g/mol. The highest BCUT2D eigenvalue weighted by Gasteiger charge is 2.34. The quantitative estimate of drug-likeness (QED) is 0.822. The number of nitrogens with two attached hydrogens (primary N) is 1. The summed E-state index contributed by atoms with van der Waals surface area (Å²) in [6, 6.07) is 0. The predicted molar refractivity (Wildman–Crippen MR) is 70.6 cm³/mol. The topological polar surface area (TPSA) is 46.3 Å². The van der Waals surface area contributed by atoms with Crippen LogP contribution in [-0.4, -0.2) is 40.9 Å². The molecule has 3 nitrogen and oxygen atoms in total. The average Bonchev–Trinajstić information content (AvgIpc) is 2.57. The number of rotatable bonds is 3. The van der Waals surface area contributed by atoms with Gasteiger partial charge in [-0.25, -0.2) is 0 Å². The fraction of sp³-hybridized carbons (Fsp3) is 0.917. The van der Waals surface area contributed by atoms with Gasteiger partial charge in [-0.15, -0.1) is 11.8 Å². The van der Waals surface area contributed by atoms with E-state index in [4.69, 9.17) is 5.73 Å². The molecule has 1 aliphatic rings. The summed E-state index contributed by atoms with van der Waals surface area (Å²) in [6.07, 6.45) is 1.04. The summed E-state index contributed by atoms with van der Waals surface area (Å²) in [6.45, 7) is 10.9. The molecule has 0 aromatic rings. The largest absolute Gasteiger partial charge is 0.341 e. The van der Waals surface area contributed by atoms with Gasteiger partial charge in [0.15, 0.2) is 0 Å². The maximum Gasteiger partial charge on any atom is 0.232 e. The summed E-state index contributed by atoms with van der Waals surface area (Å²) in [5, 5.41) is 0. The van der Waals surface area contributed by atoms with Crippen LogP contribution in [0.25, 0.3) is 0 Å². The van der Waals surface area contributed by atoms with Crippen LogP contribution in [0.1, 0.15) is 34.1 Å². The molecule has 1 atom stereocenters. The molecular weight excluding hydrogens is 220 g/mol. The first kappa shape index (κ1) is 13.8. The molecule has 1 unspecified atom stereocenters. The summed E-state index contributed by atoms with van der Waals surface area (Å²) < 4.78 is 0.159. The number of hydrogen-bond acceptors (Lipinski definition) is 3. The number of carbonyl (C=O) groups excluding carboxylic acids is 1. The second-order valence-electron chi connectivity index (χ2n) is 5.98. The van der Waals surface area contributed by atoms with Gasteiger partial charge in [0.2, 0.25) is 5.91 Å². The van der Waals surface area contributed by atoms with E-state index in [1.54, 1.807) is 11.8 Å². The van der Waals surface area contributed by atoms with E-state index < -0.39 is 0 Å². The lowest BCUT2D eigenvalue weighted by Crippen LogP contribution is -2.35. The molecule has 0 bridgehead atoms. The minimum absolute atomic E-state index is 0.141. The molecule has 1 heterocycles. The van der Waals surface area contributed by atoms with Crippen molar-refractivity contribution >= 4 is 17.7 Å². The fourth-order valence-corrected chi connectivity index (χ4v) is 2.51. The Bertz CT molecular complexity index is 262. The SMILES string of the molecule is CC1(CN)CCN(C(=O)CSC(C)(C)C)C1.